The van der Waals surface area contributed by atoms with Crippen molar-refractivity contribution < 1.29 is 0 Å². The second-order valence-corrected chi connectivity index (χ2v) is 4.43. The lowest BCUT2D eigenvalue weighted by Crippen LogP contribution is -2.09. The smallest absolute Gasteiger partial charge is 0.0641 e. The largest absolute Gasteiger partial charge is 0.381 e. The molecule has 3 heteroatoms. The molecule has 1 atom stereocenters. The minimum Gasteiger partial charge on any atom is -0.381 e. The van der Waals surface area contributed by atoms with Crippen LogP contribution in [0.4, 0.5) is 5.69 Å². The van der Waals surface area contributed by atoms with E-state index in [9.17, 15) is 0 Å². The summed E-state index contributed by atoms with van der Waals surface area (Å²) in [5, 5.41) is 12.0. The van der Waals surface area contributed by atoms with Gasteiger partial charge in [-0.2, -0.15) is 5.26 Å². The molecule has 2 rings (SSSR count). The van der Waals surface area contributed by atoms with Gasteiger partial charge in [-0.25, -0.2) is 0 Å². The lowest BCUT2D eigenvalue weighted by Gasteiger charge is -2.10. The molecule has 3 N–H and O–H groups in total. The van der Waals surface area contributed by atoms with Gasteiger partial charge in [0.25, 0.3) is 0 Å². The number of hydrogen-bond donors (Lipinski definition) is 2. The molecule has 0 bridgehead atoms. The second kappa shape index (κ2) is 6.58. The van der Waals surface area contributed by atoms with Crippen molar-refractivity contribution in [2.45, 2.75) is 19.0 Å². The topological polar surface area (TPSA) is 61.8 Å². The predicted molar refractivity (Wildman–Crippen MR) is 77.4 cm³/mol. The molecule has 19 heavy (non-hydrogen) atoms. The molecule has 0 amide bonds. The van der Waals surface area contributed by atoms with Gasteiger partial charge in [0, 0.05) is 18.3 Å². The number of anilines is 1. The number of benzene rings is 2. The summed E-state index contributed by atoms with van der Waals surface area (Å²) in [6, 6.07) is 20.1. The van der Waals surface area contributed by atoms with E-state index in [2.05, 4.69) is 23.5 Å². The quantitative estimate of drug-likeness (QED) is 0.857. The first-order chi connectivity index (χ1) is 9.29. The minimum atomic E-state index is -0.201. The number of hydrogen-bond acceptors (Lipinski definition) is 3. The van der Waals surface area contributed by atoms with E-state index in [4.69, 9.17) is 11.0 Å². The third kappa shape index (κ3) is 3.84. The normalized spacial score (nSPS) is 11.6. The monoisotopic (exact) mass is 251 g/mol. The lowest BCUT2D eigenvalue weighted by molar-refractivity contribution is 0.748. The highest BCUT2D eigenvalue weighted by atomic mass is 14.9. The zero-order chi connectivity index (χ0) is 13.5. The SMILES string of the molecule is N#CC[C@@H](N)c1ccc(NCc2ccccc2)cc1. The van der Waals surface area contributed by atoms with Crippen LogP contribution in [0.2, 0.25) is 0 Å². The Morgan fingerprint density at radius 2 is 1.74 bits per heavy atom. The lowest BCUT2D eigenvalue weighted by atomic mass is 10.1. The van der Waals surface area contributed by atoms with Gasteiger partial charge in [-0.05, 0) is 23.3 Å². The number of rotatable bonds is 5. The van der Waals surface area contributed by atoms with Crippen LogP contribution in [-0.2, 0) is 6.54 Å². The van der Waals surface area contributed by atoms with Crippen LogP contribution in [-0.4, -0.2) is 0 Å². The molecule has 0 saturated carbocycles. The van der Waals surface area contributed by atoms with Gasteiger partial charge in [0.05, 0.1) is 12.5 Å². The van der Waals surface area contributed by atoms with Crippen molar-refractivity contribution in [1.82, 2.24) is 0 Å². The zero-order valence-corrected chi connectivity index (χ0v) is 10.7. The van der Waals surface area contributed by atoms with Crippen LogP contribution in [0.15, 0.2) is 54.6 Å². The van der Waals surface area contributed by atoms with Gasteiger partial charge in [-0.15, -0.1) is 0 Å². The highest BCUT2D eigenvalue weighted by Crippen LogP contribution is 2.17. The summed E-state index contributed by atoms with van der Waals surface area (Å²) in [7, 11) is 0. The molecular weight excluding hydrogens is 234 g/mol. The average molecular weight is 251 g/mol. The molecule has 0 aliphatic carbocycles. The van der Waals surface area contributed by atoms with Crippen molar-refractivity contribution in [3.8, 4) is 6.07 Å². The van der Waals surface area contributed by atoms with E-state index < -0.39 is 0 Å². The molecule has 0 spiro atoms. The van der Waals surface area contributed by atoms with E-state index in [0.717, 1.165) is 17.8 Å². The summed E-state index contributed by atoms with van der Waals surface area (Å²) in [5.41, 5.74) is 9.17. The summed E-state index contributed by atoms with van der Waals surface area (Å²) in [6.07, 6.45) is 0.344. The van der Waals surface area contributed by atoms with Crippen LogP contribution in [0.3, 0.4) is 0 Å². The maximum absolute atomic E-state index is 8.62. The Bertz CT molecular complexity index is 540. The molecule has 96 valence electrons. The molecule has 0 heterocycles. The molecule has 0 unspecified atom stereocenters. The van der Waals surface area contributed by atoms with Gasteiger partial charge in [0.2, 0.25) is 0 Å². The number of nitrogens with zero attached hydrogens (tertiary/aromatic N) is 1. The molecular formula is C16H17N3. The van der Waals surface area contributed by atoms with Crippen molar-refractivity contribution in [3.63, 3.8) is 0 Å². The fraction of sp³-hybridized carbons (Fsp3) is 0.188. The Hall–Kier alpha value is -2.31. The summed E-state index contributed by atoms with van der Waals surface area (Å²) in [6.45, 7) is 0.796. The molecule has 2 aromatic carbocycles. The number of nitrogens with one attached hydrogen (secondary N) is 1. The van der Waals surface area contributed by atoms with E-state index in [1.54, 1.807) is 0 Å². The van der Waals surface area contributed by atoms with E-state index in [0.29, 0.717) is 6.42 Å². The van der Waals surface area contributed by atoms with Gasteiger partial charge < -0.3 is 11.1 Å². The number of nitriles is 1. The third-order valence-electron chi connectivity index (χ3n) is 2.99. The van der Waals surface area contributed by atoms with Crippen molar-refractivity contribution in [3.05, 3.63) is 65.7 Å². The molecule has 0 radical (unpaired) electrons. The Morgan fingerprint density at radius 1 is 1.05 bits per heavy atom. The minimum absolute atomic E-state index is 0.201. The summed E-state index contributed by atoms with van der Waals surface area (Å²) in [4.78, 5) is 0. The van der Waals surface area contributed by atoms with Crippen LogP contribution in [0.1, 0.15) is 23.6 Å². The van der Waals surface area contributed by atoms with E-state index in [1.165, 1.54) is 5.56 Å². The maximum atomic E-state index is 8.62. The summed E-state index contributed by atoms with van der Waals surface area (Å²) < 4.78 is 0. The van der Waals surface area contributed by atoms with Crippen molar-refractivity contribution in [2.24, 2.45) is 5.73 Å². The van der Waals surface area contributed by atoms with E-state index in [1.807, 2.05) is 42.5 Å². The van der Waals surface area contributed by atoms with E-state index in [-0.39, 0.29) is 6.04 Å². The first kappa shape index (κ1) is 13.1. The molecule has 0 aromatic heterocycles. The summed E-state index contributed by atoms with van der Waals surface area (Å²) >= 11 is 0. The Balaban J connectivity index is 1.94. The van der Waals surface area contributed by atoms with Gasteiger partial charge in [-0.3, -0.25) is 0 Å². The van der Waals surface area contributed by atoms with Gasteiger partial charge >= 0.3 is 0 Å². The molecule has 2 aromatic rings. The summed E-state index contributed by atoms with van der Waals surface area (Å²) in [5.74, 6) is 0. The van der Waals surface area contributed by atoms with Crippen LogP contribution in [0.25, 0.3) is 0 Å². The fourth-order valence-electron chi connectivity index (χ4n) is 1.86. The molecule has 0 aliphatic heterocycles. The molecule has 0 fully saturated rings. The Labute approximate surface area is 113 Å². The van der Waals surface area contributed by atoms with Gasteiger partial charge in [0.15, 0.2) is 0 Å². The fourth-order valence-corrected chi connectivity index (χ4v) is 1.86. The van der Waals surface area contributed by atoms with Crippen molar-refractivity contribution in [1.29, 1.82) is 5.26 Å². The standard InChI is InChI=1S/C16H17N3/c17-11-10-16(18)14-6-8-15(9-7-14)19-12-13-4-2-1-3-5-13/h1-9,16,19H,10,12,18H2/t16-/m1/s1. The average Bonchev–Trinajstić information content (AvgIpc) is 2.47. The number of nitrogens with two attached hydrogens (primary N) is 1. The van der Waals surface area contributed by atoms with Gasteiger partial charge in [0.1, 0.15) is 0 Å². The van der Waals surface area contributed by atoms with Crippen molar-refractivity contribution >= 4 is 5.69 Å². The third-order valence-corrected chi connectivity index (χ3v) is 2.99. The first-order valence-corrected chi connectivity index (χ1v) is 6.30. The first-order valence-electron chi connectivity index (χ1n) is 6.30. The van der Waals surface area contributed by atoms with Gasteiger partial charge in [-0.1, -0.05) is 42.5 Å². The van der Waals surface area contributed by atoms with Crippen LogP contribution in [0, 0.1) is 11.3 Å². The second-order valence-electron chi connectivity index (χ2n) is 4.43. The van der Waals surface area contributed by atoms with Crippen LogP contribution >= 0.6 is 0 Å². The molecule has 0 saturated heterocycles. The maximum Gasteiger partial charge on any atom is 0.0641 e. The van der Waals surface area contributed by atoms with Crippen LogP contribution < -0.4 is 11.1 Å². The molecule has 0 aliphatic rings. The predicted octanol–water partition coefficient (Wildman–Crippen LogP) is 3.21. The zero-order valence-electron chi connectivity index (χ0n) is 10.7. The van der Waals surface area contributed by atoms with Crippen LogP contribution in [0.5, 0.6) is 0 Å². The Kier molecular flexibility index (Phi) is 4.54. The molecule has 3 nitrogen and oxygen atoms in total. The van der Waals surface area contributed by atoms with E-state index >= 15 is 0 Å². The Morgan fingerprint density at radius 3 is 2.37 bits per heavy atom. The highest BCUT2D eigenvalue weighted by molar-refractivity contribution is 5.45. The van der Waals surface area contributed by atoms with Crippen molar-refractivity contribution in [2.75, 3.05) is 5.32 Å². The highest BCUT2D eigenvalue weighted by Gasteiger charge is 2.04.